The standard InChI is InChI=1S/C19H20ClN7O4/c1-4-31-18(28)13-9-21-10-15(16(13)11(2)30-3)26-19(29)25-12-7-14(20)17(22-8-12)27-23-5-6-24-27/h5-11H,4H2,1-3H3,(H2,25,26,29)/t11-/m1/s1. The molecular weight excluding hydrogens is 426 g/mol. The highest BCUT2D eigenvalue weighted by molar-refractivity contribution is 6.32. The molecule has 0 fully saturated rings. The molecule has 0 aliphatic carbocycles. The SMILES string of the molecule is CCOC(=O)c1cncc(NC(=O)Nc2cnc(-n3nccn3)c(Cl)c2)c1[C@@H](C)OC. The van der Waals surface area contributed by atoms with Crippen LogP contribution >= 0.6 is 11.6 Å². The van der Waals surface area contributed by atoms with Crippen molar-refractivity contribution in [2.45, 2.75) is 20.0 Å². The van der Waals surface area contributed by atoms with E-state index in [1.54, 1.807) is 13.8 Å². The molecular formula is C19H20ClN7O4. The molecule has 162 valence electrons. The number of ether oxygens (including phenoxy) is 2. The van der Waals surface area contributed by atoms with Gasteiger partial charge in [0.25, 0.3) is 0 Å². The second kappa shape index (κ2) is 9.96. The van der Waals surface area contributed by atoms with Gasteiger partial charge in [-0.3, -0.25) is 4.98 Å². The number of nitrogens with zero attached hydrogens (tertiary/aromatic N) is 5. The van der Waals surface area contributed by atoms with Gasteiger partial charge < -0.3 is 20.1 Å². The number of urea groups is 1. The summed E-state index contributed by atoms with van der Waals surface area (Å²) in [6.07, 6.45) is 6.69. The third-order valence-electron chi connectivity index (χ3n) is 4.18. The molecule has 3 aromatic rings. The van der Waals surface area contributed by atoms with Gasteiger partial charge in [-0.25, -0.2) is 14.6 Å². The maximum atomic E-state index is 12.6. The summed E-state index contributed by atoms with van der Waals surface area (Å²) in [5, 5.41) is 13.5. The quantitative estimate of drug-likeness (QED) is 0.529. The maximum absolute atomic E-state index is 12.6. The summed E-state index contributed by atoms with van der Waals surface area (Å²) >= 11 is 6.22. The number of nitrogens with one attached hydrogen (secondary N) is 2. The molecule has 11 nitrogen and oxygen atoms in total. The average molecular weight is 446 g/mol. The van der Waals surface area contributed by atoms with Crippen molar-refractivity contribution in [3.05, 3.63) is 53.2 Å². The Balaban J connectivity index is 1.81. The first kappa shape index (κ1) is 22.1. The first-order valence-corrected chi connectivity index (χ1v) is 9.60. The fourth-order valence-corrected chi connectivity index (χ4v) is 3.00. The summed E-state index contributed by atoms with van der Waals surface area (Å²) in [5.74, 6) is -0.239. The van der Waals surface area contributed by atoms with E-state index >= 15 is 0 Å². The predicted octanol–water partition coefficient (Wildman–Crippen LogP) is 3.24. The largest absolute Gasteiger partial charge is 0.462 e. The van der Waals surface area contributed by atoms with E-state index in [2.05, 4.69) is 30.8 Å². The van der Waals surface area contributed by atoms with Crippen LogP contribution in [0.5, 0.6) is 0 Å². The number of carbonyl (C=O) groups is 2. The van der Waals surface area contributed by atoms with Crippen LogP contribution in [0.2, 0.25) is 5.02 Å². The second-order valence-corrected chi connectivity index (χ2v) is 6.58. The van der Waals surface area contributed by atoms with Crippen LogP contribution in [-0.2, 0) is 9.47 Å². The number of amides is 2. The van der Waals surface area contributed by atoms with Crippen molar-refractivity contribution in [2.75, 3.05) is 24.4 Å². The third-order valence-corrected chi connectivity index (χ3v) is 4.46. The molecule has 0 aromatic carbocycles. The number of hydrogen-bond donors (Lipinski definition) is 2. The number of esters is 1. The zero-order chi connectivity index (χ0) is 22.4. The Labute approximate surface area is 182 Å². The van der Waals surface area contributed by atoms with E-state index in [1.165, 1.54) is 49.0 Å². The molecule has 0 saturated carbocycles. The zero-order valence-electron chi connectivity index (χ0n) is 17.0. The molecule has 2 N–H and O–H groups in total. The Morgan fingerprint density at radius 1 is 1.19 bits per heavy atom. The first-order valence-electron chi connectivity index (χ1n) is 9.22. The van der Waals surface area contributed by atoms with Gasteiger partial charge in [-0.2, -0.15) is 10.2 Å². The van der Waals surface area contributed by atoms with E-state index < -0.39 is 18.1 Å². The molecule has 2 amide bonds. The number of pyridine rings is 2. The number of carbonyl (C=O) groups excluding carboxylic acids is 2. The van der Waals surface area contributed by atoms with Crippen LogP contribution in [-0.4, -0.2) is 50.7 Å². The van der Waals surface area contributed by atoms with Crippen molar-refractivity contribution in [2.24, 2.45) is 0 Å². The number of hydrogen-bond acceptors (Lipinski definition) is 8. The minimum atomic E-state index is -0.588. The van der Waals surface area contributed by atoms with Gasteiger partial charge in [-0.1, -0.05) is 11.6 Å². The van der Waals surface area contributed by atoms with Gasteiger partial charge in [0.1, 0.15) is 0 Å². The van der Waals surface area contributed by atoms with Crippen molar-refractivity contribution in [3.8, 4) is 5.82 Å². The molecule has 0 spiro atoms. The van der Waals surface area contributed by atoms with Gasteiger partial charge in [0.2, 0.25) is 0 Å². The van der Waals surface area contributed by atoms with Gasteiger partial charge in [0.15, 0.2) is 5.82 Å². The Morgan fingerprint density at radius 3 is 2.58 bits per heavy atom. The number of anilines is 2. The fourth-order valence-electron chi connectivity index (χ4n) is 2.75. The minimum absolute atomic E-state index is 0.204. The summed E-state index contributed by atoms with van der Waals surface area (Å²) in [7, 11) is 1.49. The van der Waals surface area contributed by atoms with Crippen LogP contribution in [0.4, 0.5) is 16.2 Å². The van der Waals surface area contributed by atoms with E-state index in [0.29, 0.717) is 22.8 Å². The van der Waals surface area contributed by atoms with Crippen molar-refractivity contribution in [1.82, 2.24) is 25.0 Å². The van der Waals surface area contributed by atoms with Gasteiger partial charge in [0.05, 0.1) is 59.5 Å². The van der Waals surface area contributed by atoms with Crippen LogP contribution in [0.1, 0.15) is 35.9 Å². The zero-order valence-corrected chi connectivity index (χ0v) is 17.8. The highest BCUT2D eigenvalue weighted by atomic mass is 35.5. The maximum Gasteiger partial charge on any atom is 0.340 e. The average Bonchev–Trinajstić information content (AvgIpc) is 3.27. The number of halogens is 1. The summed E-state index contributed by atoms with van der Waals surface area (Å²) in [6, 6.07) is 0.925. The van der Waals surface area contributed by atoms with Crippen molar-refractivity contribution in [3.63, 3.8) is 0 Å². The highest BCUT2D eigenvalue weighted by Crippen LogP contribution is 2.29. The van der Waals surface area contributed by atoms with E-state index in [-0.39, 0.29) is 17.2 Å². The summed E-state index contributed by atoms with van der Waals surface area (Å²) in [5.41, 5.74) is 1.29. The molecule has 0 bridgehead atoms. The van der Waals surface area contributed by atoms with Crippen LogP contribution < -0.4 is 10.6 Å². The molecule has 0 aliphatic heterocycles. The lowest BCUT2D eigenvalue weighted by Crippen LogP contribution is -2.22. The van der Waals surface area contributed by atoms with Crippen molar-refractivity contribution >= 4 is 35.0 Å². The third kappa shape index (κ3) is 5.13. The van der Waals surface area contributed by atoms with Crippen molar-refractivity contribution in [1.29, 1.82) is 0 Å². The lowest BCUT2D eigenvalue weighted by molar-refractivity contribution is 0.0515. The molecule has 0 saturated heterocycles. The van der Waals surface area contributed by atoms with E-state index in [4.69, 9.17) is 21.1 Å². The number of aromatic nitrogens is 5. The molecule has 12 heteroatoms. The number of methoxy groups -OCH3 is 1. The molecule has 3 heterocycles. The fraction of sp³-hybridized carbons (Fsp3) is 0.263. The molecule has 0 aliphatic rings. The lowest BCUT2D eigenvalue weighted by atomic mass is 10.0. The van der Waals surface area contributed by atoms with Gasteiger partial charge in [-0.15, -0.1) is 4.80 Å². The lowest BCUT2D eigenvalue weighted by Gasteiger charge is -2.19. The summed E-state index contributed by atoms with van der Waals surface area (Å²) < 4.78 is 10.4. The molecule has 31 heavy (non-hydrogen) atoms. The van der Waals surface area contributed by atoms with Crippen LogP contribution in [0, 0.1) is 0 Å². The van der Waals surface area contributed by atoms with Gasteiger partial charge in [0, 0.05) is 18.9 Å². The van der Waals surface area contributed by atoms with E-state index in [0.717, 1.165) is 0 Å². The van der Waals surface area contributed by atoms with Crippen LogP contribution in [0.25, 0.3) is 5.82 Å². The topological polar surface area (TPSA) is 133 Å². The van der Waals surface area contributed by atoms with E-state index in [1.807, 2.05) is 0 Å². The van der Waals surface area contributed by atoms with Crippen LogP contribution in [0.15, 0.2) is 37.1 Å². The van der Waals surface area contributed by atoms with Crippen LogP contribution in [0.3, 0.4) is 0 Å². The monoisotopic (exact) mass is 445 g/mol. The Kier molecular flexibility index (Phi) is 7.11. The Morgan fingerprint density at radius 2 is 1.94 bits per heavy atom. The second-order valence-electron chi connectivity index (χ2n) is 6.17. The predicted molar refractivity (Wildman–Crippen MR) is 112 cm³/mol. The van der Waals surface area contributed by atoms with Crippen molar-refractivity contribution < 1.29 is 19.1 Å². The first-order chi connectivity index (χ1) is 14.9. The Hall–Kier alpha value is -3.57. The van der Waals surface area contributed by atoms with Gasteiger partial charge in [-0.05, 0) is 19.9 Å². The molecule has 3 rings (SSSR count). The highest BCUT2D eigenvalue weighted by Gasteiger charge is 2.22. The number of rotatable bonds is 7. The van der Waals surface area contributed by atoms with Gasteiger partial charge >= 0.3 is 12.0 Å². The summed E-state index contributed by atoms with van der Waals surface area (Å²) in [6.45, 7) is 3.65. The molecule has 3 aromatic heterocycles. The normalized spacial score (nSPS) is 11.6. The smallest absolute Gasteiger partial charge is 0.340 e. The molecule has 0 radical (unpaired) electrons. The molecule has 1 atom stereocenters. The summed E-state index contributed by atoms with van der Waals surface area (Å²) in [4.78, 5) is 34.3. The van der Waals surface area contributed by atoms with E-state index in [9.17, 15) is 9.59 Å². The minimum Gasteiger partial charge on any atom is -0.462 e. The molecule has 0 unspecified atom stereocenters. The Bertz CT molecular complexity index is 1080.